The quantitative estimate of drug-likeness (QED) is 0.885. The van der Waals surface area contributed by atoms with E-state index in [1.165, 1.54) is 5.56 Å². The molecule has 0 aromatic heterocycles. The molecule has 0 saturated heterocycles. The molecular weight excluding hydrogens is 340 g/mol. The van der Waals surface area contributed by atoms with Crippen LogP contribution in [0.3, 0.4) is 0 Å². The van der Waals surface area contributed by atoms with Gasteiger partial charge in [0.2, 0.25) is 5.91 Å². The third-order valence-corrected chi connectivity index (χ3v) is 4.54. The lowest BCUT2D eigenvalue weighted by Gasteiger charge is -2.17. The van der Waals surface area contributed by atoms with Crippen LogP contribution in [0.1, 0.15) is 17.9 Å². The van der Waals surface area contributed by atoms with Crippen LogP contribution < -0.4 is 10.2 Å². The summed E-state index contributed by atoms with van der Waals surface area (Å²) in [6.45, 7) is 0. The Bertz CT molecular complexity index is 699. The van der Waals surface area contributed by atoms with Gasteiger partial charge < -0.3 is 10.2 Å². The van der Waals surface area contributed by atoms with Gasteiger partial charge in [-0.25, -0.2) is 0 Å². The predicted molar refractivity (Wildman–Crippen MR) is 94.4 cm³/mol. The highest BCUT2D eigenvalue weighted by Crippen LogP contribution is 2.48. The van der Waals surface area contributed by atoms with Gasteiger partial charge in [-0.1, -0.05) is 40.2 Å². The minimum atomic E-state index is 0.0736. The van der Waals surface area contributed by atoms with E-state index in [2.05, 4.69) is 33.4 Å². The van der Waals surface area contributed by atoms with Crippen LogP contribution in [-0.4, -0.2) is 20.0 Å². The normalized spacial score (nSPS) is 19.6. The summed E-state index contributed by atoms with van der Waals surface area (Å²) in [5, 5.41) is 3.08. The lowest BCUT2D eigenvalue weighted by Crippen LogP contribution is -2.18. The van der Waals surface area contributed by atoms with E-state index < -0.39 is 0 Å². The average molecular weight is 359 g/mol. The molecule has 0 radical (unpaired) electrons. The van der Waals surface area contributed by atoms with Crippen LogP contribution in [0, 0.1) is 5.92 Å². The second kappa shape index (κ2) is 6.13. The maximum atomic E-state index is 12.5. The van der Waals surface area contributed by atoms with Crippen molar-refractivity contribution in [1.82, 2.24) is 0 Å². The summed E-state index contributed by atoms with van der Waals surface area (Å²) in [6.07, 6.45) is 0.923. The van der Waals surface area contributed by atoms with E-state index in [4.69, 9.17) is 0 Å². The fourth-order valence-corrected chi connectivity index (χ4v) is 3.20. The predicted octanol–water partition coefficient (Wildman–Crippen LogP) is 4.26. The molecular formula is C18H19BrN2O. The molecule has 22 heavy (non-hydrogen) atoms. The Morgan fingerprint density at radius 3 is 2.68 bits per heavy atom. The van der Waals surface area contributed by atoms with Crippen molar-refractivity contribution in [3.05, 3.63) is 58.6 Å². The van der Waals surface area contributed by atoms with Gasteiger partial charge in [0, 0.05) is 24.5 Å². The van der Waals surface area contributed by atoms with Crippen molar-refractivity contribution in [1.29, 1.82) is 0 Å². The zero-order chi connectivity index (χ0) is 15.7. The number of carbonyl (C=O) groups is 1. The number of nitrogens with one attached hydrogen (secondary N) is 1. The molecule has 3 rings (SSSR count). The van der Waals surface area contributed by atoms with Gasteiger partial charge in [-0.2, -0.15) is 0 Å². The Morgan fingerprint density at radius 1 is 1.18 bits per heavy atom. The van der Waals surface area contributed by atoms with E-state index in [9.17, 15) is 4.79 Å². The maximum absolute atomic E-state index is 12.5. The van der Waals surface area contributed by atoms with Crippen molar-refractivity contribution in [3.8, 4) is 0 Å². The van der Waals surface area contributed by atoms with Gasteiger partial charge in [0.05, 0.1) is 11.4 Å². The SMILES string of the molecule is CN(C)c1ccccc1NC(=O)C1CC1c1cccc(Br)c1. The molecule has 0 aliphatic heterocycles. The topological polar surface area (TPSA) is 32.3 Å². The summed E-state index contributed by atoms with van der Waals surface area (Å²) in [5.41, 5.74) is 3.13. The van der Waals surface area contributed by atoms with Crippen LogP contribution in [0.15, 0.2) is 53.0 Å². The monoisotopic (exact) mass is 358 g/mol. The fourth-order valence-electron chi connectivity index (χ4n) is 2.79. The molecule has 0 spiro atoms. The number of hydrogen-bond donors (Lipinski definition) is 1. The highest BCUT2D eigenvalue weighted by molar-refractivity contribution is 9.10. The van der Waals surface area contributed by atoms with Gasteiger partial charge in [-0.15, -0.1) is 0 Å². The highest BCUT2D eigenvalue weighted by Gasteiger charge is 2.44. The molecule has 1 aliphatic rings. The third kappa shape index (κ3) is 3.17. The summed E-state index contributed by atoms with van der Waals surface area (Å²) in [7, 11) is 3.96. The number of benzene rings is 2. The maximum Gasteiger partial charge on any atom is 0.228 e. The summed E-state index contributed by atoms with van der Waals surface area (Å²) in [4.78, 5) is 14.5. The Kier molecular flexibility index (Phi) is 4.21. The van der Waals surface area contributed by atoms with Crippen LogP contribution in [0.25, 0.3) is 0 Å². The molecule has 2 aromatic carbocycles. The van der Waals surface area contributed by atoms with Gasteiger partial charge in [0.15, 0.2) is 0 Å². The Labute approximate surface area is 139 Å². The van der Waals surface area contributed by atoms with Crippen LogP contribution in [0.2, 0.25) is 0 Å². The summed E-state index contributed by atoms with van der Waals surface area (Å²) >= 11 is 3.49. The Hall–Kier alpha value is -1.81. The van der Waals surface area contributed by atoms with Crippen LogP contribution >= 0.6 is 15.9 Å². The number of para-hydroxylation sites is 2. The molecule has 4 heteroatoms. The minimum Gasteiger partial charge on any atom is -0.376 e. The van der Waals surface area contributed by atoms with E-state index in [0.29, 0.717) is 5.92 Å². The van der Waals surface area contributed by atoms with Crippen molar-refractivity contribution >= 4 is 33.2 Å². The lowest BCUT2D eigenvalue weighted by atomic mass is 10.1. The highest BCUT2D eigenvalue weighted by atomic mass is 79.9. The molecule has 3 nitrogen and oxygen atoms in total. The molecule has 1 saturated carbocycles. The molecule has 1 aliphatic carbocycles. The zero-order valence-electron chi connectivity index (χ0n) is 12.7. The zero-order valence-corrected chi connectivity index (χ0v) is 14.3. The summed E-state index contributed by atoms with van der Waals surface area (Å²) < 4.78 is 1.06. The number of nitrogens with zero attached hydrogens (tertiary/aromatic N) is 1. The van der Waals surface area contributed by atoms with Crippen molar-refractivity contribution in [3.63, 3.8) is 0 Å². The van der Waals surface area contributed by atoms with Crippen molar-refractivity contribution in [2.45, 2.75) is 12.3 Å². The van der Waals surface area contributed by atoms with E-state index in [1.54, 1.807) is 0 Å². The molecule has 114 valence electrons. The lowest BCUT2D eigenvalue weighted by molar-refractivity contribution is -0.117. The van der Waals surface area contributed by atoms with E-state index in [1.807, 2.05) is 55.4 Å². The first-order chi connectivity index (χ1) is 10.6. The number of halogens is 1. The fraction of sp³-hybridized carbons (Fsp3) is 0.278. The van der Waals surface area contributed by atoms with E-state index in [0.717, 1.165) is 22.3 Å². The molecule has 0 bridgehead atoms. The smallest absolute Gasteiger partial charge is 0.228 e. The summed E-state index contributed by atoms with van der Waals surface area (Å²) in [6, 6.07) is 16.1. The molecule has 0 heterocycles. The molecule has 1 fully saturated rings. The van der Waals surface area contributed by atoms with Crippen molar-refractivity contribution in [2.24, 2.45) is 5.92 Å². The Balaban J connectivity index is 1.70. The van der Waals surface area contributed by atoms with Gasteiger partial charge in [0.25, 0.3) is 0 Å². The number of hydrogen-bond acceptors (Lipinski definition) is 2. The first-order valence-corrected chi connectivity index (χ1v) is 8.18. The van der Waals surface area contributed by atoms with Crippen molar-refractivity contribution < 1.29 is 4.79 Å². The largest absolute Gasteiger partial charge is 0.376 e. The number of carbonyl (C=O) groups excluding carboxylic acids is 1. The van der Waals surface area contributed by atoms with Crippen LogP contribution in [-0.2, 0) is 4.79 Å². The second-order valence-corrected chi connectivity index (χ2v) is 6.82. The van der Waals surface area contributed by atoms with E-state index >= 15 is 0 Å². The van der Waals surface area contributed by atoms with Gasteiger partial charge in [-0.3, -0.25) is 4.79 Å². The first kappa shape index (κ1) is 15.1. The van der Waals surface area contributed by atoms with Crippen LogP contribution in [0.5, 0.6) is 0 Å². The average Bonchev–Trinajstić information content (AvgIpc) is 3.28. The standard InChI is InChI=1S/C18H19BrN2O/c1-21(2)17-9-4-3-8-16(17)20-18(22)15-11-14(15)12-6-5-7-13(19)10-12/h3-10,14-15H,11H2,1-2H3,(H,20,22). The molecule has 1 N–H and O–H groups in total. The van der Waals surface area contributed by atoms with Gasteiger partial charge in [0.1, 0.15) is 0 Å². The van der Waals surface area contributed by atoms with Gasteiger partial charge in [-0.05, 0) is 42.2 Å². The van der Waals surface area contributed by atoms with E-state index in [-0.39, 0.29) is 11.8 Å². The summed E-state index contributed by atoms with van der Waals surface area (Å²) in [5.74, 6) is 0.521. The number of anilines is 2. The number of amides is 1. The van der Waals surface area contributed by atoms with Crippen molar-refractivity contribution in [2.75, 3.05) is 24.3 Å². The molecule has 2 aromatic rings. The van der Waals surface area contributed by atoms with Gasteiger partial charge >= 0.3 is 0 Å². The minimum absolute atomic E-state index is 0.0736. The third-order valence-electron chi connectivity index (χ3n) is 4.05. The number of rotatable bonds is 4. The Morgan fingerprint density at radius 2 is 1.95 bits per heavy atom. The molecule has 2 unspecified atom stereocenters. The second-order valence-electron chi connectivity index (χ2n) is 5.90. The molecule has 1 amide bonds. The van der Waals surface area contributed by atoms with Crippen LogP contribution in [0.4, 0.5) is 11.4 Å². The first-order valence-electron chi connectivity index (χ1n) is 7.39. The molecule has 2 atom stereocenters.